The molecule has 4 heteroatoms. The fraction of sp³-hybridized carbons (Fsp3) is 0.929. The van der Waals surface area contributed by atoms with Gasteiger partial charge in [-0.05, 0) is 31.6 Å². The largest absolute Gasteiger partial charge is 0.350 e. The maximum Gasteiger partial charge on any atom is 0.220 e. The Morgan fingerprint density at radius 3 is 2.44 bits per heavy atom. The Bertz CT molecular complexity index is 254. The zero-order valence-corrected chi connectivity index (χ0v) is 12.8. The molecule has 1 atom stereocenters. The van der Waals surface area contributed by atoms with Crippen molar-refractivity contribution in [2.45, 2.75) is 64.8 Å². The number of nitrogens with one attached hydrogen (secondary N) is 1. The van der Waals surface area contributed by atoms with Gasteiger partial charge in [-0.15, -0.1) is 12.4 Å². The molecule has 1 rings (SSSR count). The SMILES string of the molecule is CC(C)CC(C)(CN)NC(=O)CCC1CCC1.Cl. The van der Waals surface area contributed by atoms with E-state index < -0.39 is 0 Å². The first-order chi connectivity index (χ1) is 7.95. The minimum Gasteiger partial charge on any atom is -0.350 e. The third-order valence-corrected chi connectivity index (χ3v) is 3.75. The van der Waals surface area contributed by atoms with Crippen molar-refractivity contribution in [2.24, 2.45) is 17.6 Å². The summed E-state index contributed by atoms with van der Waals surface area (Å²) in [5, 5.41) is 3.11. The van der Waals surface area contributed by atoms with Crippen LogP contribution in [0.1, 0.15) is 59.3 Å². The first kappa shape index (κ1) is 17.7. The second kappa shape index (κ2) is 8.00. The van der Waals surface area contributed by atoms with Crippen molar-refractivity contribution in [3.05, 3.63) is 0 Å². The van der Waals surface area contributed by atoms with Crippen LogP contribution >= 0.6 is 12.4 Å². The monoisotopic (exact) mass is 276 g/mol. The molecule has 0 spiro atoms. The number of hydrogen-bond acceptors (Lipinski definition) is 2. The first-order valence-corrected chi connectivity index (χ1v) is 6.96. The fourth-order valence-corrected chi connectivity index (χ4v) is 2.60. The Hall–Kier alpha value is -0.280. The number of nitrogens with two attached hydrogens (primary N) is 1. The van der Waals surface area contributed by atoms with E-state index in [0.29, 0.717) is 18.9 Å². The lowest BCUT2D eigenvalue weighted by molar-refractivity contribution is -0.123. The van der Waals surface area contributed by atoms with Crippen LogP contribution in [0.15, 0.2) is 0 Å². The van der Waals surface area contributed by atoms with E-state index in [0.717, 1.165) is 18.8 Å². The summed E-state index contributed by atoms with van der Waals surface area (Å²) in [5.74, 6) is 1.52. The predicted molar refractivity (Wildman–Crippen MR) is 78.9 cm³/mol. The Kier molecular flexibility index (Phi) is 7.88. The smallest absolute Gasteiger partial charge is 0.220 e. The zero-order chi connectivity index (χ0) is 12.9. The summed E-state index contributed by atoms with van der Waals surface area (Å²) in [6.45, 7) is 6.89. The van der Waals surface area contributed by atoms with E-state index in [4.69, 9.17) is 5.73 Å². The molecule has 18 heavy (non-hydrogen) atoms. The number of carbonyl (C=O) groups excluding carboxylic acids is 1. The molecule has 0 aliphatic heterocycles. The molecule has 1 unspecified atom stereocenters. The van der Waals surface area contributed by atoms with Gasteiger partial charge in [-0.1, -0.05) is 33.1 Å². The van der Waals surface area contributed by atoms with Gasteiger partial charge in [0.25, 0.3) is 0 Å². The molecule has 1 amide bonds. The molecule has 1 fully saturated rings. The van der Waals surface area contributed by atoms with Crippen LogP contribution in [0.25, 0.3) is 0 Å². The number of amides is 1. The van der Waals surface area contributed by atoms with Crippen LogP contribution in [-0.4, -0.2) is 18.0 Å². The number of halogens is 1. The summed E-state index contributed by atoms with van der Waals surface area (Å²) < 4.78 is 0. The summed E-state index contributed by atoms with van der Waals surface area (Å²) in [5.41, 5.74) is 5.55. The second-order valence-electron chi connectivity index (χ2n) is 6.25. The lowest BCUT2D eigenvalue weighted by Gasteiger charge is -2.32. The van der Waals surface area contributed by atoms with Gasteiger partial charge in [0, 0.05) is 18.5 Å². The molecular weight excluding hydrogens is 248 g/mol. The summed E-state index contributed by atoms with van der Waals surface area (Å²) >= 11 is 0. The van der Waals surface area contributed by atoms with Gasteiger partial charge >= 0.3 is 0 Å². The number of rotatable bonds is 7. The molecule has 108 valence electrons. The van der Waals surface area contributed by atoms with E-state index in [1.165, 1.54) is 19.3 Å². The molecule has 0 aromatic rings. The van der Waals surface area contributed by atoms with E-state index in [-0.39, 0.29) is 23.9 Å². The average molecular weight is 277 g/mol. The standard InChI is InChI=1S/C14H28N2O.ClH/c1-11(2)9-14(3,10-15)16-13(17)8-7-12-5-4-6-12;/h11-12H,4-10,15H2,1-3H3,(H,16,17);1H. The summed E-state index contributed by atoms with van der Waals surface area (Å²) in [4.78, 5) is 11.9. The van der Waals surface area contributed by atoms with Crippen molar-refractivity contribution in [3.8, 4) is 0 Å². The summed E-state index contributed by atoms with van der Waals surface area (Å²) in [6.07, 6.45) is 6.63. The van der Waals surface area contributed by atoms with Gasteiger partial charge in [0.2, 0.25) is 5.91 Å². The Morgan fingerprint density at radius 1 is 1.44 bits per heavy atom. The van der Waals surface area contributed by atoms with Gasteiger partial charge < -0.3 is 11.1 Å². The molecule has 1 aliphatic rings. The quantitative estimate of drug-likeness (QED) is 0.751. The molecule has 0 radical (unpaired) electrons. The third kappa shape index (κ3) is 6.05. The van der Waals surface area contributed by atoms with Gasteiger partial charge in [-0.25, -0.2) is 0 Å². The highest BCUT2D eigenvalue weighted by Gasteiger charge is 2.26. The van der Waals surface area contributed by atoms with Crippen LogP contribution in [0, 0.1) is 11.8 Å². The molecule has 3 N–H and O–H groups in total. The molecule has 3 nitrogen and oxygen atoms in total. The Labute approximate surface area is 118 Å². The van der Waals surface area contributed by atoms with E-state index in [9.17, 15) is 4.79 Å². The van der Waals surface area contributed by atoms with Gasteiger partial charge in [0.05, 0.1) is 0 Å². The van der Waals surface area contributed by atoms with Crippen molar-refractivity contribution in [1.82, 2.24) is 5.32 Å². The Balaban J connectivity index is 0.00000289. The van der Waals surface area contributed by atoms with Crippen LogP contribution in [0.4, 0.5) is 0 Å². The fourth-order valence-electron chi connectivity index (χ4n) is 2.60. The maximum absolute atomic E-state index is 11.9. The summed E-state index contributed by atoms with van der Waals surface area (Å²) in [6, 6.07) is 0. The van der Waals surface area contributed by atoms with E-state index in [2.05, 4.69) is 19.2 Å². The van der Waals surface area contributed by atoms with Gasteiger partial charge in [0.1, 0.15) is 0 Å². The van der Waals surface area contributed by atoms with Crippen molar-refractivity contribution >= 4 is 18.3 Å². The molecule has 1 aliphatic carbocycles. The Morgan fingerprint density at radius 2 is 2.06 bits per heavy atom. The minimum absolute atomic E-state index is 0. The normalized spacial score (nSPS) is 18.7. The van der Waals surface area contributed by atoms with E-state index in [1.54, 1.807) is 0 Å². The molecule has 0 aromatic carbocycles. The topological polar surface area (TPSA) is 55.1 Å². The number of carbonyl (C=O) groups is 1. The van der Waals surface area contributed by atoms with E-state index >= 15 is 0 Å². The van der Waals surface area contributed by atoms with E-state index in [1.807, 2.05) is 6.92 Å². The van der Waals surface area contributed by atoms with Gasteiger partial charge in [0.15, 0.2) is 0 Å². The predicted octanol–water partition coefficient (Wildman–Crippen LogP) is 2.87. The zero-order valence-electron chi connectivity index (χ0n) is 12.0. The third-order valence-electron chi connectivity index (χ3n) is 3.75. The highest BCUT2D eigenvalue weighted by molar-refractivity contribution is 5.85. The van der Waals surface area contributed by atoms with Crippen molar-refractivity contribution in [2.75, 3.05) is 6.54 Å². The first-order valence-electron chi connectivity index (χ1n) is 6.96. The number of hydrogen-bond donors (Lipinski definition) is 2. The molecule has 1 saturated carbocycles. The lowest BCUT2D eigenvalue weighted by atomic mass is 9.82. The molecule has 0 saturated heterocycles. The van der Waals surface area contributed by atoms with Crippen LogP contribution in [0.5, 0.6) is 0 Å². The van der Waals surface area contributed by atoms with Gasteiger partial charge in [-0.3, -0.25) is 4.79 Å². The van der Waals surface area contributed by atoms with Crippen molar-refractivity contribution < 1.29 is 4.79 Å². The average Bonchev–Trinajstić information content (AvgIpc) is 2.13. The van der Waals surface area contributed by atoms with Crippen LogP contribution in [0.3, 0.4) is 0 Å². The molecular formula is C14H29ClN2O. The highest BCUT2D eigenvalue weighted by atomic mass is 35.5. The van der Waals surface area contributed by atoms with Crippen LogP contribution < -0.4 is 11.1 Å². The second-order valence-corrected chi connectivity index (χ2v) is 6.25. The van der Waals surface area contributed by atoms with Gasteiger partial charge in [-0.2, -0.15) is 0 Å². The van der Waals surface area contributed by atoms with Crippen LogP contribution in [0.2, 0.25) is 0 Å². The summed E-state index contributed by atoms with van der Waals surface area (Å²) in [7, 11) is 0. The highest BCUT2D eigenvalue weighted by Crippen LogP contribution is 2.30. The van der Waals surface area contributed by atoms with Crippen molar-refractivity contribution in [3.63, 3.8) is 0 Å². The van der Waals surface area contributed by atoms with Crippen LogP contribution in [-0.2, 0) is 4.79 Å². The maximum atomic E-state index is 11.9. The molecule has 0 heterocycles. The minimum atomic E-state index is -0.231. The molecule has 0 bridgehead atoms. The lowest BCUT2D eigenvalue weighted by Crippen LogP contribution is -2.52. The molecule has 0 aromatic heterocycles. The van der Waals surface area contributed by atoms with Crippen molar-refractivity contribution in [1.29, 1.82) is 0 Å².